The third kappa shape index (κ3) is 1.25. The van der Waals surface area contributed by atoms with Crippen LogP contribution in [0.2, 0.25) is 0 Å². The van der Waals surface area contributed by atoms with E-state index in [1.807, 2.05) is 0 Å². The summed E-state index contributed by atoms with van der Waals surface area (Å²) in [6.07, 6.45) is 0. The summed E-state index contributed by atoms with van der Waals surface area (Å²) in [7, 11) is 0. The van der Waals surface area contributed by atoms with Crippen molar-refractivity contribution < 1.29 is 14.6 Å². The number of rotatable bonds is 1. The van der Waals surface area contributed by atoms with Crippen molar-refractivity contribution in [2.24, 2.45) is 0 Å². The molecule has 0 aliphatic heterocycles. The highest BCUT2D eigenvalue weighted by Gasteiger charge is 2.07. The number of aromatic hydroxyl groups is 1. The van der Waals surface area contributed by atoms with Crippen molar-refractivity contribution in [3.8, 4) is 5.75 Å². The number of phenolic OH excluding ortho intramolecular Hbond substituents is 1. The van der Waals surface area contributed by atoms with Crippen LogP contribution in [0.4, 0.5) is 0 Å². The van der Waals surface area contributed by atoms with Crippen molar-refractivity contribution in [2.75, 3.05) is 0 Å². The average molecular weight is 192 g/mol. The third-order valence-corrected chi connectivity index (χ3v) is 1.94. The van der Waals surface area contributed by atoms with E-state index in [0.29, 0.717) is 0 Å². The molecule has 0 saturated carbocycles. The average Bonchev–Trinajstić information content (AvgIpc) is 2.17. The molecule has 0 saturated heterocycles. The Morgan fingerprint density at radius 3 is 2.86 bits per heavy atom. The van der Waals surface area contributed by atoms with Gasteiger partial charge in [0.2, 0.25) is 0 Å². The van der Waals surface area contributed by atoms with Gasteiger partial charge in [-0.3, -0.25) is 4.79 Å². The van der Waals surface area contributed by atoms with Crippen LogP contribution in [-0.2, 0) is 6.61 Å². The van der Waals surface area contributed by atoms with Gasteiger partial charge in [-0.2, -0.15) is 0 Å². The van der Waals surface area contributed by atoms with Crippen molar-refractivity contribution in [3.05, 3.63) is 40.2 Å². The number of aliphatic hydroxyl groups excluding tert-OH is 1. The lowest BCUT2D eigenvalue weighted by molar-refractivity contribution is 0.248. The van der Waals surface area contributed by atoms with Crippen LogP contribution in [0.3, 0.4) is 0 Å². The van der Waals surface area contributed by atoms with E-state index in [1.165, 1.54) is 12.1 Å². The van der Waals surface area contributed by atoms with Crippen molar-refractivity contribution in [2.45, 2.75) is 6.61 Å². The van der Waals surface area contributed by atoms with E-state index in [1.54, 1.807) is 12.1 Å². The zero-order valence-electron chi connectivity index (χ0n) is 7.23. The van der Waals surface area contributed by atoms with E-state index in [-0.39, 0.29) is 34.5 Å². The van der Waals surface area contributed by atoms with Gasteiger partial charge in [-0.05, 0) is 12.1 Å². The van der Waals surface area contributed by atoms with Crippen LogP contribution >= 0.6 is 0 Å². The molecule has 0 amide bonds. The first kappa shape index (κ1) is 8.77. The van der Waals surface area contributed by atoms with E-state index < -0.39 is 0 Å². The standard InChI is InChI=1S/C10H8O4/c11-5-6-4-8(13)10-7(12)2-1-3-9(10)14-6/h1-4,11-12H,5H2. The Labute approximate surface area is 79.0 Å². The van der Waals surface area contributed by atoms with E-state index in [2.05, 4.69) is 0 Å². The Kier molecular flexibility index (Phi) is 1.98. The Bertz CT molecular complexity index is 527. The number of phenols is 1. The number of aliphatic hydroxyl groups is 1. The normalized spacial score (nSPS) is 10.6. The van der Waals surface area contributed by atoms with Crippen LogP contribution in [0.1, 0.15) is 5.76 Å². The Hall–Kier alpha value is -1.81. The molecule has 0 fully saturated rings. The highest BCUT2D eigenvalue weighted by molar-refractivity contribution is 5.82. The monoisotopic (exact) mass is 192 g/mol. The predicted molar refractivity (Wildman–Crippen MR) is 50.1 cm³/mol. The zero-order valence-corrected chi connectivity index (χ0v) is 7.23. The largest absolute Gasteiger partial charge is 0.507 e. The zero-order chi connectivity index (χ0) is 10.1. The molecule has 1 aromatic heterocycles. The lowest BCUT2D eigenvalue weighted by Gasteiger charge is -2.00. The molecule has 4 nitrogen and oxygen atoms in total. The van der Waals surface area contributed by atoms with Gasteiger partial charge in [-0.1, -0.05) is 6.07 Å². The van der Waals surface area contributed by atoms with Crippen LogP contribution < -0.4 is 5.43 Å². The van der Waals surface area contributed by atoms with E-state index in [9.17, 15) is 9.90 Å². The van der Waals surface area contributed by atoms with Crippen molar-refractivity contribution >= 4 is 11.0 Å². The molecule has 0 unspecified atom stereocenters. The SMILES string of the molecule is O=c1cc(CO)oc2cccc(O)c12. The maximum Gasteiger partial charge on any atom is 0.196 e. The Morgan fingerprint density at radius 2 is 2.14 bits per heavy atom. The molecule has 0 aliphatic carbocycles. The second-order valence-corrected chi connectivity index (χ2v) is 2.89. The van der Waals surface area contributed by atoms with Crippen LogP contribution in [-0.4, -0.2) is 10.2 Å². The fourth-order valence-electron chi connectivity index (χ4n) is 1.32. The molecule has 0 aliphatic rings. The molecule has 2 N–H and O–H groups in total. The Morgan fingerprint density at radius 1 is 1.36 bits per heavy atom. The topological polar surface area (TPSA) is 70.7 Å². The van der Waals surface area contributed by atoms with Gasteiger partial charge >= 0.3 is 0 Å². The van der Waals surface area contributed by atoms with Gasteiger partial charge in [-0.25, -0.2) is 0 Å². The summed E-state index contributed by atoms with van der Waals surface area (Å²) in [6.45, 7) is -0.333. The Balaban J connectivity index is 2.90. The molecule has 4 heteroatoms. The van der Waals surface area contributed by atoms with Crippen molar-refractivity contribution in [3.63, 3.8) is 0 Å². The molecular formula is C10H8O4. The maximum absolute atomic E-state index is 11.4. The smallest absolute Gasteiger partial charge is 0.196 e. The van der Waals surface area contributed by atoms with Gasteiger partial charge in [0, 0.05) is 6.07 Å². The van der Waals surface area contributed by atoms with Gasteiger partial charge in [0.1, 0.15) is 29.1 Å². The molecular weight excluding hydrogens is 184 g/mol. The summed E-state index contributed by atoms with van der Waals surface area (Å²) >= 11 is 0. The third-order valence-electron chi connectivity index (χ3n) is 1.94. The molecule has 2 rings (SSSR count). The first-order valence-corrected chi connectivity index (χ1v) is 4.08. The van der Waals surface area contributed by atoms with Gasteiger partial charge in [0.15, 0.2) is 5.43 Å². The van der Waals surface area contributed by atoms with Crippen LogP contribution in [0.25, 0.3) is 11.0 Å². The predicted octanol–water partition coefficient (Wildman–Crippen LogP) is 0.991. The fourth-order valence-corrected chi connectivity index (χ4v) is 1.32. The summed E-state index contributed by atoms with van der Waals surface area (Å²) in [6, 6.07) is 5.72. The number of fused-ring (bicyclic) bond motifs is 1. The minimum Gasteiger partial charge on any atom is -0.507 e. The summed E-state index contributed by atoms with van der Waals surface area (Å²) in [4.78, 5) is 11.4. The molecule has 1 heterocycles. The van der Waals surface area contributed by atoms with Crippen molar-refractivity contribution in [1.82, 2.24) is 0 Å². The maximum atomic E-state index is 11.4. The molecule has 72 valence electrons. The van der Waals surface area contributed by atoms with E-state index in [0.717, 1.165) is 0 Å². The number of hydrogen-bond acceptors (Lipinski definition) is 4. The van der Waals surface area contributed by atoms with Gasteiger partial charge in [0.05, 0.1) is 0 Å². The van der Waals surface area contributed by atoms with Crippen LogP contribution in [0, 0.1) is 0 Å². The van der Waals surface area contributed by atoms with Gasteiger partial charge < -0.3 is 14.6 Å². The summed E-state index contributed by atoms with van der Waals surface area (Å²) in [5, 5.41) is 18.3. The second kappa shape index (κ2) is 3.16. The molecule has 0 atom stereocenters. The lowest BCUT2D eigenvalue weighted by atomic mass is 10.2. The quantitative estimate of drug-likeness (QED) is 0.706. The van der Waals surface area contributed by atoms with E-state index in [4.69, 9.17) is 9.52 Å². The first-order valence-electron chi connectivity index (χ1n) is 4.08. The minimum absolute atomic E-state index is 0.110. The summed E-state index contributed by atoms with van der Waals surface area (Å²) in [5.41, 5.74) is -0.0741. The number of benzene rings is 1. The molecule has 2 aromatic rings. The number of hydrogen-bond donors (Lipinski definition) is 2. The van der Waals surface area contributed by atoms with Gasteiger partial charge in [-0.15, -0.1) is 0 Å². The highest BCUT2D eigenvalue weighted by Crippen LogP contribution is 2.21. The van der Waals surface area contributed by atoms with Crippen LogP contribution in [0.5, 0.6) is 5.75 Å². The molecule has 0 radical (unpaired) electrons. The fraction of sp³-hybridized carbons (Fsp3) is 0.100. The molecule has 14 heavy (non-hydrogen) atoms. The van der Waals surface area contributed by atoms with Gasteiger partial charge in [0.25, 0.3) is 0 Å². The molecule has 0 bridgehead atoms. The molecule has 0 spiro atoms. The first-order chi connectivity index (χ1) is 6.72. The lowest BCUT2D eigenvalue weighted by Crippen LogP contribution is -2.02. The van der Waals surface area contributed by atoms with Crippen LogP contribution in [0.15, 0.2) is 33.5 Å². The molecule has 1 aromatic carbocycles. The minimum atomic E-state index is -0.353. The summed E-state index contributed by atoms with van der Waals surface area (Å²) < 4.78 is 5.16. The van der Waals surface area contributed by atoms with E-state index >= 15 is 0 Å². The van der Waals surface area contributed by atoms with Crippen molar-refractivity contribution in [1.29, 1.82) is 0 Å². The second-order valence-electron chi connectivity index (χ2n) is 2.89. The summed E-state index contributed by atoms with van der Waals surface area (Å²) in [5.74, 6) is 0.0776. The highest BCUT2D eigenvalue weighted by atomic mass is 16.4.